The highest BCUT2D eigenvalue weighted by Gasteiger charge is 2.47. The first kappa shape index (κ1) is 21.8. The molecule has 1 aliphatic heterocycles. The highest BCUT2D eigenvalue weighted by atomic mass is 32.2. The van der Waals surface area contributed by atoms with Gasteiger partial charge in [0.25, 0.3) is 11.8 Å². The zero-order valence-electron chi connectivity index (χ0n) is 15.2. The van der Waals surface area contributed by atoms with Gasteiger partial charge >= 0.3 is 0 Å². The SMILES string of the molecule is C=C1C(=O)N(C2CCC(SOOO)CC2)N(C2CCC(SOOO)CC2)C1=O. The Balaban J connectivity index is 1.62. The Hall–Kier alpha value is -0.860. The minimum atomic E-state index is -0.315. The summed E-state index contributed by atoms with van der Waals surface area (Å²) in [5.41, 5.74) is 0.0158. The largest absolute Gasteiger partial charge is 0.277 e. The Morgan fingerprint density at radius 3 is 1.43 bits per heavy atom. The normalized spacial score (nSPS) is 31.7. The maximum atomic E-state index is 12.7. The van der Waals surface area contributed by atoms with Crippen molar-refractivity contribution in [1.29, 1.82) is 0 Å². The molecule has 1 saturated heterocycles. The van der Waals surface area contributed by atoms with Crippen molar-refractivity contribution in [2.45, 2.75) is 74.0 Å². The number of rotatable bonds is 8. The summed E-state index contributed by atoms with van der Waals surface area (Å²) in [7, 11) is 0. The molecule has 28 heavy (non-hydrogen) atoms. The fourth-order valence-electron chi connectivity index (χ4n) is 4.17. The molecule has 1 heterocycles. The monoisotopic (exact) mass is 436 g/mol. The second kappa shape index (κ2) is 10.3. The van der Waals surface area contributed by atoms with Gasteiger partial charge in [0.15, 0.2) is 0 Å². The molecule has 0 aromatic rings. The fourth-order valence-corrected chi connectivity index (χ4v) is 5.39. The van der Waals surface area contributed by atoms with E-state index in [1.807, 2.05) is 0 Å². The topological polar surface area (TPSA) is 118 Å². The smallest absolute Gasteiger partial charge is 0.267 e. The van der Waals surface area contributed by atoms with Crippen molar-refractivity contribution in [3.05, 3.63) is 12.2 Å². The number of amides is 2. The Morgan fingerprint density at radius 2 is 1.11 bits per heavy atom. The van der Waals surface area contributed by atoms with Gasteiger partial charge in [0, 0.05) is 34.6 Å². The molecule has 0 aromatic heterocycles. The van der Waals surface area contributed by atoms with E-state index < -0.39 is 0 Å². The van der Waals surface area contributed by atoms with E-state index in [0.29, 0.717) is 0 Å². The third kappa shape index (κ3) is 4.82. The van der Waals surface area contributed by atoms with Crippen LogP contribution < -0.4 is 0 Å². The predicted molar refractivity (Wildman–Crippen MR) is 99.7 cm³/mol. The highest BCUT2D eigenvalue weighted by molar-refractivity contribution is 7.95. The number of hydrogen-bond acceptors (Lipinski definition) is 10. The van der Waals surface area contributed by atoms with Crippen molar-refractivity contribution in [3.8, 4) is 0 Å². The lowest BCUT2D eigenvalue weighted by atomic mass is 9.93. The molecule has 3 rings (SSSR count). The maximum absolute atomic E-state index is 12.7. The first-order valence-electron chi connectivity index (χ1n) is 9.19. The lowest BCUT2D eigenvalue weighted by Gasteiger charge is -2.43. The van der Waals surface area contributed by atoms with Gasteiger partial charge in [-0.15, -0.1) is 8.67 Å². The van der Waals surface area contributed by atoms with Gasteiger partial charge in [0.1, 0.15) is 5.57 Å². The van der Waals surface area contributed by atoms with Crippen molar-refractivity contribution in [1.82, 2.24) is 10.0 Å². The van der Waals surface area contributed by atoms with E-state index in [-0.39, 0.29) is 40.0 Å². The molecule has 158 valence electrons. The summed E-state index contributed by atoms with van der Waals surface area (Å²) >= 11 is 2.13. The van der Waals surface area contributed by atoms with Crippen LogP contribution in [0.2, 0.25) is 0 Å². The molecule has 0 atom stereocenters. The van der Waals surface area contributed by atoms with Crippen LogP contribution in [0.4, 0.5) is 0 Å². The van der Waals surface area contributed by atoms with Crippen molar-refractivity contribution in [2.24, 2.45) is 0 Å². The molecule has 0 aromatic carbocycles. The third-order valence-electron chi connectivity index (χ3n) is 5.56. The zero-order chi connectivity index (χ0) is 20.1. The summed E-state index contributed by atoms with van der Waals surface area (Å²) in [6.45, 7) is 3.70. The fraction of sp³-hybridized carbons (Fsp3) is 0.750. The second-order valence-electron chi connectivity index (χ2n) is 7.12. The summed E-state index contributed by atoms with van der Waals surface area (Å²) < 4.78 is 9.04. The van der Waals surface area contributed by atoms with Crippen molar-refractivity contribution in [2.75, 3.05) is 0 Å². The molecule has 2 N–H and O–H groups in total. The molecule has 0 spiro atoms. The lowest BCUT2D eigenvalue weighted by molar-refractivity contribution is -0.432. The number of hydrazine groups is 1. The molecule has 2 amide bonds. The van der Waals surface area contributed by atoms with Crippen LogP contribution >= 0.6 is 24.1 Å². The number of carbonyl (C=O) groups is 2. The van der Waals surface area contributed by atoms with E-state index in [4.69, 9.17) is 10.5 Å². The summed E-state index contributed by atoms with van der Waals surface area (Å²) in [5, 5.41) is 27.4. The average molecular weight is 437 g/mol. The van der Waals surface area contributed by atoms with Gasteiger partial charge in [-0.3, -0.25) is 9.59 Å². The van der Waals surface area contributed by atoms with E-state index in [9.17, 15) is 9.59 Å². The van der Waals surface area contributed by atoms with Crippen molar-refractivity contribution >= 4 is 35.9 Å². The van der Waals surface area contributed by atoms with Gasteiger partial charge in [0.05, 0.1) is 12.1 Å². The molecular weight excluding hydrogens is 412 g/mol. The van der Waals surface area contributed by atoms with E-state index in [1.54, 1.807) is 10.0 Å². The molecule has 10 nitrogen and oxygen atoms in total. The quantitative estimate of drug-likeness (QED) is 0.193. The third-order valence-corrected chi connectivity index (χ3v) is 7.32. The number of nitrogens with zero attached hydrogens (tertiary/aromatic N) is 2. The predicted octanol–water partition coefficient (Wildman–Crippen LogP) is 2.89. The van der Waals surface area contributed by atoms with Crippen LogP contribution in [0.25, 0.3) is 0 Å². The second-order valence-corrected chi connectivity index (χ2v) is 9.11. The zero-order valence-corrected chi connectivity index (χ0v) is 16.9. The molecule has 2 saturated carbocycles. The van der Waals surface area contributed by atoms with E-state index in [0.717, 1.165) is 75.5 Å². The maximum Gasteiger partial charge on any atom is 0.277 e. The lowest BCUT2D eigenvalue weighted by Crippen LogP contribution is -2.54. The van der Waals surface area contributed by atoms with Gasteiger partial charge < -0.3 is 0 Å². The summed E-state index contributed by atoms with van der Waals surface area (Å²) in [6.07, 6.45) is 6.00. The standard InChI is InChI=1S/C16H24N2O8S2/c1-10-15(19)17(11-2-6-13(7-3-11)27-25-23-21)18(16(10)20)12-4-8-14(9-5-12)28-26-24-22/h11-14,21-22H,1-9H2. The molecule has 0 unspecified atom stereocenters. The van der Waals surface area contributed by atoms with E-state index in [1.165, 1.54) is 0 Å². The van der Waals surface area contributed by atoms with Crippen LogP contribution in [-0.2, 0) is 28.3 Å². The first-order valence-corrected chi connectivity index (χ1v) is 10.8. The molecule has 2 aliphatic carbocycles. The van der Waals surface area contributed by atoms with E-state index in [2.05, 4.69) is 25.3 Å². The van der Waals surface area contributed by atoms with Crippen LogP contribution in [0.3, 0.4) is 0 Å². The van der Waals surface area contributed by atoms with Crippen molar-refractivity contribution < 1.29 is 38.8 Å². The molecule has 3 aliphatic rings. The van der Waals surface area contributed by atoms with Gasteiger partial charge in [-0.2, -0.15) is 0 Å². The average Bonchev–Trinajstić information content (AvgIpc) is 2.95. The van der Waals surface area contributed by atoms with Gasteiger partial charge in [0.2, 0.25) is 0 Å². The Kier molecular flexibility index (Phi) is 8.00. The van der Waals surface area contributed by atoms with Crippen LogP contribution in [0.15, 0.2) is 12.2 Å². The minimum absolute atomic E-state index is 0.0158. The van der Waals surface area contributed by atoms with Gasteiger partial charge in [-0.05, 0) is 51.4 Å². The molecule has 12 heteroatoms. The molecule has 3 fully saturated rings. The molecule has 0 bridgehead atoms. The van der Waals surface area contributed by atoms with Crippen LogP contribution in [0, 0.1) is 0 Å². The highest BCUT2D eigenvalue weighted by Crippen LogP contribution is 2.38. The number of hydrogen-bond donors (Lipinski definition) is 2. The van der Waals surface area contributed by atoms with Gasteiger partial charge in [-0.1, -0.05) is 16.7 Å². The van der Waals surface area contributed by atoms with E-state index >= 15 is 0 Å². The summed E-state index contributed by atoms with van der Waals surface area (Å²) in [4.78, 5) is 25.5. The summed E-state index contributed by atoms with van der Waals surface area (Å²) in [6, 6.07) is -0.137. The van der Waals surface area contributed by atoms with Gasteiger partial charge in [-0.25, -0.2) is 20.5 Å². The Labute approximate surface area is 171 Å². The van der Waals surface area contributed by atoms with Crippen LogP contribution in [0.5, 0.6) is 0 Å². The first-order chi connectivity index (χ1) is 13.6. The molecular formula is C16H24N2O8S2. The van der Waals surface area contributed by atoms with Crippen LogP contribution in [0.1, 0.15) is 51.4 Å². The summed E-state index contributed by atoms with van der Waals surface area (Å²) in [5.74, 6) is -0.630. The van der Waals surface area contributed by atoms with Crippen LogP contribution in [-0.4, -0.2) is 54.9 Å². The Bertz CT molecular complexity index is 531. The number of carbonyl (C=O) groups excluding carboxylic acids is 2. The molecule has 0 radical (unpaired) electrons. The minimum Gasteiger partial charge on any atom is -0.267 e. The Morgan fingerprint density at radius 1 is 0.750 bits per heavy atom. The van der Waals surface area contributed by atoms with Crippen molar-refractivity contribution in [3.63, 3.8) is 0 Å².